The van der Waals surface area contributed by atoms with E-state index in [-0.39, 0.29) is 0 Å². The van der Waals surface area contributed by atoms with Crippen molar-refractivity contribution in [3.8, 4) is 0 Å². The molecule has 2 heteroatoms. The molecule has 0 aliphatic carbocycles. The summed E-state index contributed by atoms with van der Waals surface area (Å²) in [6, 6.07) is 13.6. The zero-order valence-electron chi connectivity index (χ0n) is 16.3. The Morgan fingerprint density at radius 3 is 2.12 bits per heavy atom. The number of anilines is 1. The third-order valence-corrected chi connectivity index (χ3v) is 5.43. The Morgan fingerprint density at radius 2 is 1.48 bits per heavy atom. The molecule has 0 N–H and O–H groups in total. The summed E-state index contributed by atoms with van der Waals surface area (Å²) in [5, 5.41) is 0. The molecule has 0 saturated carbocycles. The highest BCUT2D eigenvalue weighted by Crippen LogP contribution is 2.29. The van der Waals surface area contributed by atoms with Gasteiger partial charge in [-0.2, -0.15) is 0 Å². The molecule has 2 aromatic rings. The average molecular weight is 338 g/mol. The molecule has 1 saturated heterocycles. The highest BCUT2D eigenvalue weighted by molar-refractivity contribution is 5.58. The SMILES string of the molecule is Cc1ccc(CCc2ccc(N3C[C@@H](C)O[C@@H](C)C3)c(C)c2C)cc1. The van der Waals surface area contributed by atoms with Gasteiger partial charge in [-0.05, 0) is 75.8 Å². The number of hydrogen-bond donors (Lipinski definition) is 0. The highest BCUT2D eigenvalue weighted by atomic mass is 16.5. The van der Waals surface area contributed by atoms with Crippen LogP contribution in [0.3, 0.4) is 0 Å². The van der Waals surface area contributed by atoms with Gasteiger partial charge >= 0.3 is 0 Å². The summed E-state index contributed by atoms with van der Waals surface area (Å²) in [5.41, 5.74) is 8.45. The maximum atomic E-state index is 5.89. The molecule has 1 heterocycles. The van der Waals surface area contributed by atoms with Gasteiger partial charge in [0, 0.05) is 18.8 Å². The molecule has 0 unspecified atom stereocenters. The van der Waals surface area contributed by atoms with Crippen molar-refractivity contribution < 1.29 is 4.74 Å². The van der Waals surface area contributed by atoms with Gasteiger partial charge in [0.2, 0.25) is 0 Å². The van der Waals surface area contributed by atoms with Crippen LogP contribution in [-0.4, -0.2) is 25.3 Å². The number of rotatable bonds is 4. The van der Waals surface area contributed by atoms with Crippen LogP contribution in [0, 0.1) is 20.8 Å². The predicted octanol–water partition coefficient (Wildman–Crippen LogP) is 5.01. The van der Waals surface area contributed by atoms with Gasteiger partial charge in [0.05, 0.1) is 12.2 Å². The zero-order valence-corrected chi connectivity index (χ0v) is 16.3. The summed E-state index contributed by atoms with van der Waals surface area (Å²) in [6.45, 7) is 13.0. The number of morpholine rings is 1. The molecule has 2 aromatic carbocycles. The Balaban J connectivity index is 1.74. The van der Waals surface area contributed by atoms with E-state index in [1.807, 2.05) is 0 Å². The van der Waals surface area contributed by atoms with Crippen LogP contribution in [0.15, 0.2) is 36.4 Å². The van der Waals surface area contributed by atoms with Crippen molar-refractivity contribution in [3.63, 3.8) is 0 Å². The monoisotopic (exact) mass is 337 g/mol. The predicted molar refractivity (Wildman–Crippen MR) is 107 cm³/mol. The minimum Gasteiger partial charge on any atom is -0.372 e. The number of ether oxygens (including phenoxy) is 1. The van der Waals surface area contributed by atoms with Crippen LogP contribution in [0.2, 0.25) is 0 Å². The Bertz CT molecular complexity index is 710. The largest absolute Gasteiger partial charge is 0.372 e. The maximum absolute atomic E-state index is 5.89. The van der Waals surface area contributed by atoms with Crippen LogP contribution >= 0.6 is 0 Å². The van der Waals surface area contributed by atoms with E-state index in [9.17, 15) is 0 Å². The molecular weight excluding hydrogens is 306 g/mol. The molecule has 134 valence electrons. The first-order valence-electron chi connectivity index (χ1n) is 9.49. The van der Waals surface area contributed by atoms with Crippen molar-refractivity contribution in [2.75, 3.05) is 18.0 Å². The van der Waals surface area contributed by atoms with Crippen molar-refractivity contribution >= 4 is 5.69 Å². The van der Waals surface area contributed by atoms with Crippen LogP contribution in [-0.2, 0) is 17.6 Å². The number of hydrogen-bond acceptors (Lipinski definition) is 2. The van der Waals surface area contributed by atoms with Crippen molar-refractivity contribution in [2.24, 2.45) is 0 Å². The molecule has 0 radical (unpaired) electrons. The Labute approximate surface area is 152 Å². The lowest BCUT2D eigenvalue weighted by molar-refractivity contribution is -0.00525. The van der Waals surface area contributed by atoms with Crippen LogP contribution < -0.4 is 4.90 Å². The van der Waals surface area contributed by atoms with Gasteiger partial charge in [-0.25, -0.2) is 0 Å². The fourth-order valence-corrected chi connectivity index (χ4v) is 3.88. The molecule has 2 nitrogen and oxygen atoms in total. The van der Waals surface area contributed by atoms with E-state index in [1.54, 1.807) is 0 Å². The van der Waals surface area contributed by atoms with Gasteiger partial charge < -0.3 is 9.64 Å². The number of benzene rings is 2. The molecule has 1 fully saturated rings. The van der Waals surface area contributed by atoms with Crippen molar-refractivity contribution in [3.05, 3.63) is 64.2 Å². The first kappa shape index (κ1) is 18.0. The highest BCUT2D eigenvalue weighted by Gasteiger charge is 2.24. The smallest absolute Gasteiger partial charge is 0.0726 e. The maximum Gasteiger partial charge on any atom is 0.0726 e. The molecule has 0 spiro atoms. The molecule has 1 aliphatic heterocycles. The summed E-state index contributed by atoms with van der Waals surface area (Å²) in [4.78, 5) is 2.49. The lowest BCUT2D eigenvalue weighted by atomic mass is 9.95. The van der Waals surface area contributed by atoms with E-state index in [0.717, 1.165) is 25.9 Å². The Kier molecular flexibility index (Phi) is 5.48. The first-order valence-corrected chi connectivity index (χ1v) is 9.49. The molecule has 1 aliphatic rings. The second-order valence-corrected chi connectivity index (χ2v) is 7.64. The summed E-state index contributed by atoms with van der Waals surface area (Å²) in [7, 11) is 0. The van der Waals surface area contributed by atoms with E-state index in [2.05, 4.69) is 75.9 Å². The molecule has 2 atom stereocenters. The van der Waals surface area contributed by atoms with Crippen LogP contribution in [0.4, 0.5) is 5.69 Å². The summed E-state index contributed by atoms with van der Waals surface area (Å²) in [6.07, 6.45) is 2.80. The number of aryl methyl sites for hydroxylation is 3. The minimum absolute atomic E-state index is 0.296. The topological polar surface area (TPSA) is 12.5 Å². The average Bonchev–Trinajstić information content (AvgIpc) is 2.57. The summed E-state index contributed by atoms with van der Waals surface area (Å²) in [5.74, 6) is 0. The first-order chi connectivity index (χ1) is 11.9. The molecule has 0 amide bonds. The molecule has 3 rings (SSSR count). The van der Waals surface area contributed by atoms with Gasteiger partial charge in [-0.3, -0.25) is 0 Å². The second-order valence-electron chi connectivity index (χ2n) is 7.64. The van der Waals surface area contributed by atoms with Gasteiger partial charge in [0.1, 0.15) is 0 Å². The lowest BCUT2D eigenvalue weighted by Gasteiger charge is -2.38. The third kappa shape index (κ3) is 4.24. The zero-order chi connectivity index (χ0) is 18.0. The normalized spacial score (nSPS) is 20.8. The van der Waals surface area contributed by atoms with Crippen LogP contribution in [0.1, 0.15) is 41.7 Å². The van der Waals surface area contributed by atoms with E-state index < -0.39 is 0 Å². The van der Waals surface area contributed by atoms with Crippen molar-refractivity contribution in [1.82, 2.24) is 0 Å². The molecule has 0 aromatic heterocycles. The van der Waals surface area contributed by atoms with E-state index in [1.165, 1.54) is 33.5 Å². The van der Waals surface area contributed by atoms with E-state index in [0.29, 0.717) is 12.2 Å². The fourth-order valence-electron chi connectivity index (χ4n) is 3.88. The van der Waals surface area contributed by atoms with E-state index in [4.69, 9.17) is 4.74 Å². The summed E-state index contributed by atoms with van der Waals surface area (Å²) < 4.78 is 5.89. The van der Waals surface area contributed by atoms with Gasteiger partial charge in [0.25, 0.3) is 0 Å². The van der Waals surface area contributed by atoms with Gasteiger partial charge in [-0.15, -0.1) is 0 Å². The Morgan fingerprint density at radius 1 is 0.840 bits per heavy atom. The van der Waals surface area contributed by atoms with Crippen molar-refractivity contribution in [1.29, 1.82) is 0 Å². The van der Waals surface area contributed by atoms with Crippen molar-refractivity contribution in [2.45, 2.75) is 59.7 Å². The molecule has 25 heavy (non-hydrogen) atoms. The van der Waals surface area contributed by atoms with Gasteiger partial charge in [-0.1, -0.05) is 35.9 Å². The Hall–Kier alpha value is -1.80. The quantitative estimate of drug-likeness (QED) is 0.777. The minimum atomic E-state index is 0.296. The van der Waals surface area contributed by atoms with Crippen LogP contribution in [0.25, 0.3) is 0 Å². The summed E-state index contributed by atoms with van der Waals surface area (Å²) >= 11 is 0. The second kappa shape index (κ2) is 7.61. The fraction of sp³-hybridized carbons (Fsp3) is 0.478. The standard InChI is InChI=1S/C23H31NO/c1-16-6-8-21(9-7-16)10-11-22-12-13-23(20(5)19(22)4)24-14-17(2)25-18(3)15-24/h6-9,12-13,17-18H,10-11,14-15H2,1-5H3/t17-,18+. The van der Waals surface area contributed by atoms with Gasteiger partial charge in [0.15, 0.2) is 0 Å². The number of nitrogens with zero attached hydrogens (tertiary/aromatic N) is 1. The molecule has 0 bridgehead atoms. The van der Waals surface area contributed by atoms with E-state index >= 15 is 0 Å². The molecular formula is C23H31NO. The lowest BCUT2D eigenvalue weighted by Crippen LogP contribution is -2.45. The third-order valence-electron chi connectivity index (χ3n) is 5.43. The van der Waals surface area contributed by atoms with Crippen LogP contribution in [0.5, 0.6) is 0 Å².